The zero-order valence-electron chi connectivity index (χ0n) is 13.0. The molecule has 0 amide bonds. The quantitative estimate of drug-likeness (QED) is 0.676. The van der Waals surface area contributed by atoms with Crippen molar-refractivity contribution in [2.75, 3.05) is 0 Å². The van der Waals surface area contributed by atoms with E-state index >= 15 is 0 Å². The van der Waals surface area contributed by atoms with E-state index in [0.717, 1.165) is 5.56 Å². The highest BCUT2D eigenvalue weighted by Gasteiger charge is 2.39. The summed E-state index contributed by atoms with van der Waals surface area (Å²) in [6.45, 7) is 11.7. The lowest BCUT2D eigenvalue weighted by atomic mass is 9.80. The van der Waals surface area contributed by atoms with E-state index in [1.54, 1.807) is 0 Å². The van der Waals surface area contributed by atoms with Crippen molar-refractivity contribution in [3.8, 4) is 5.75 Å². The summed E-state index contributed by atoms with van der Waals surface area (Å²) < 4.78 is 4.90. The fraction of sp³-hybridized carbons (Fsp3) is 0.571. The molecule has 0 fully saturated rings. The van der Waals surface area contributed by atoms with Crippen LogP contribution in [-0.2, 0) is 10.8 Å². The molecule has 0 radical (unpaired) electrons. The number of halogens is 2. The summed E-state index contributed by atoms with van der Waals surface area (Å²) in [5, 5.41) is 0.759. The van der Waals surface area contributed by atoms with Gasteiger partial charge in [0.2, 0.25) is 0 Å². The molecule has 3 N–H and O–H groups in total. The van der Waals surface area contributed by atoms with Gasteiger partial charge in [0, 0.05) is 16.7 Å². The van der Waals surface area contributed by atoms with Crippen molar-refractivity contribution < 1.29 is 19.2 Å². The van der Waals surface area contributed by atoms with Crippen molar-refractivity contribution >= 4 is 31.4 Å². The molecule has 4 nitrogen and oxygen atoms in total. The predicted octanol–water partition coefficient (Wildman–Crippen LogP) is 4.62. The first-order chi connectivity index (χ1) is 9.14. The molecular weight excluding hydrogens is 334 g/mol. The van der Waals surface area contributed by atoms with Gasteiger partial charge in [-0.25, -0.2) is 0 Å². The van der Waals surface area contributed by atoms with Crippen LogP contribution < -0.4 is 4.52 Å². The van der Waals surface area contributed by atoms with E-state index < -0.39 is 13.6 Å². The van der Waals surface area contributed by atoms with Gasteiger partial charge in [-0.3, -0.25) is 4.52 Å². The third kappa shape index (κ3) is 4.69. The molecule has 0 bridgehead atoms. The molecule has 0 aliphatic rings. The second-order valence-corrected chi connectivity index (χ2v) is 9.02. The third-order valence-corrected chi connectivity index (χ3v) is 4.02. The molecule has 1 aromatic rings. The van der Waals surface area contributed by atoms with Crippen molar-refractivity contribution in [3.63, 3.8) is 0 Å². The fourth-order valence-corrected chi connectivity index (χ4v) is 3.88. The van der Waals surface area contributed by atoms with E-state index in [2.05, 4.69) is 0 Å². The van der Waals surface area contributed by atoms with E-state index in [1.165, 1.54) is 6.07 Å². The standard InChI is InChI=1S/C14H22Cl2O4P/c1-13(2,3)10-8(15)7-9(20-21(17,18)19)11(12(10)16)14(4,5)6/h7,17-19H,1-6H3/q+1. The molecule has 0 aliphatic carbocycles. The molecule has 0 aliphatic heterocycles. The minimum absolute atomic E-state index is 0.0753. The van der Waals surface area contributed by atoms with Crippen LogP contribution in [-0.4, -0.2) is 14.7 Å². The molecule has 1 aromatic carbocycles. The normalized spacial score (nSPS) is 13.5. The maximum atomic E-state index is 9.19. The highest BCUT2D eigenvalue weighted by Crippen LogP contribution is 2.52. The monoisotopic (exact) mass is 355 g/mol. The summed E-state index contributed by atoms with van der Waals surface area (Å²) in [5.41, 5.74) is 0.587. The van der Waals surface area contributed by atoms with Crippen LogP contribution in [0.5, 0.6) is 5.75 Å². The van der Waals surface area contributed by atoms with Gasteiger partial charge in [-0.05, 0) is 16.4 Å². The minimum atomic E-state index is -4.45. The molecular formula is C14H22Cl2O4P+. The fourth-order valence-electron chi connectivity index (χ4n) is 2.19. The van der Waals surface area contributed by atoms with Crippen LogP contribution in [0.4, 0.5) is 0 Å². The van der Waals surface area contributed by atoms with Crippen LogP contribution in [0.3, 0.4) is 0 Å². The lowest BCUT2D eigenvalue weighted by Gasteiger charge is -2.29. The Kier molecular flexibility index (Phi) is 5.27. The maximum Gasteiger partial charge on any atom is 0.613 e. The van der Waals surface area contributed by atoms with Crippen molar-refractivity contribution in [1.29, 1.82) is 0 Å². The van der Waals surface area contributed by atoms with Gasteiger partial charge in [-0.15, -0.1) is 0 Å². The van der Waals surface area contributed by atoms with Crippen molar-refractivity contribution in [2.24, 2.45) is 0 Å². The van der Waals surface area contributed by atoms with Crippen LogP contribution >= 0.6 is 31.4 Å². The smallest absolute Gasteiger partial charge is 0.261 e. The average Bonchev–Trinajstić information content (AvgIpc) is 2.07. The Bertz CT molecular complexity index is 540. The second kappa shape index (κ2) is 5.84. The second-order valence-electron chi connectivity index (χ2n) is 7.03. The first-order valence-corrected chi connectivity index (χ1v) is 8.76. The summed E-state index contributed by atoms with van der Waals surface area (Å²) in [7, 11) is -4.45. The van der Waals surface area contributed by atoms with Crippen molar-refractivity contribution in [3.05, 3.63) is 27.2 Å². The highest BCUT2D eigenvalue weighted by atomic mass is 35.5. The molecule has 0 unspecified atom stereocenters. The van der Waals surface area contributed by atoms with Crippen LogP contribution in [0.2, 0.25) is 10.0 Å². The predicted molar refractivity (Wildman–Crippen MR) is 88.1 cm³/mol. The van der Waals surface area contributed by atoms with Crippen molar-refractivity contribution in [2.45, 2.75) is 52.4 Å². The van der Waals surface area contributed by atoms with Gasteiger partial charge in [0.15, 0.2) is 5.75 Å². The van der Waals surface area contributed by atoms with E-state index in [0.29, 0.717) is 15.6 Å². The molecule has 0 atom stereocenters. The van der Waals surface area contributed by atoms with Crippen LogP contribution in [0.25, 0.3) is 0 Å². The average molecular weight is 356 g/mol. The first kappa shape index (κ1) is 19.0. The summed E-state index contributed by atoms with van der Waals surface area (Å²) >= 11 is 12.8. The molecule has 0 heterocycles. The zero-order chi connectivity index (χ0) is 16.8. The van der Waals surface area contributed by atoms with Crippen LogP contribution in [0.15, 0.2) is 6.07 Å². The summed E-state index contributed by atoms with van der Waals surface area (Å²) in [6.07, 6.45) is 0. The van der Waals surface area contributed by atoms with Gasteiger partial charge >= 0.3 is 8.17 Å². The minimum Gasteiger partial charge on any atom is -0.261 e. The molecule has 0 aromatic heterocycles. The van der Waals surface area contributed by atoms with Crippen molar-refractivity contribution in [1.82, 2.24) is 0 Å². The van der Waals surface area contributed by atoms with Crippen LogP contribution in [0.1, 0.15) is 52.7 Å². The Hall–Kier alpha value is -0.0900. The van der Waals surface area contributed by atoms with Gasteiger partial charge in [0.1, 0.15) is 0 Å². The van der Waals surface area contributed by atoms with Gasteiger partial charge in [0.05, 0.1) is 5.02 Å². The SMILES string of the molecule is CC(C)(C)c1c(Cl)cc(O[P+](O)(O)O)c(C(C)(C)C)c1Cl. The van der Waals surface area contributed by atoms with Gasteiger partial charge < -0.3 is 0 Å². The van der Waals surface area contributed by atoms with Crippen LogP contribution in [0, 0.1) is 0 Å². The van der Waals surface area contributed by atoms with E-state index in [9.17, 15) is 14.7 Å². The van der Waals surface area contributed by atoms with E-state index in [1.807, 2.05) is 41.5 Å². The van der Waals surface area contributed by atoms with Gasteiger partial charge in [-0.2, -0.15) is 14.7 Å². The Morgan fingerprint density at radius 1 is 0.905 bits per heavy atom. The molecule has 0 saturated carbocycles. The number of hydrogen-bond acceptors (Lipinski definition) is 4. The number of hydrogen-bond donors (Lipinski definition) is 3. The highest BCUT2D eigenvalue weighted by molar-refractivity contribution is 7.53. The molecule has 0 spiro atoms. The third-order valence-electron chi connectivity index (χ3n) is 2.90. The lowest BCUT2D eigenvalue weighted by molar-refractivity contribution is 0.236. The van der Waals surface area contributed by atoms with Gasteiger partial charge in [0.25, 0.3) is 0 Å². The summed E-state index contributed by atoms with van der Waals surface area (Å²) in [6, 6.07) is 1.46. The van der Waals surface area contributed by atoms with E-state index in [-0.39, 0.29) is 11.2 Å². The topological polar surface area (TPSA) is 69.9 Å². The van der Waals surface area contributed by atoms with Gasteiger partial charge in [-0.1, -0.05) is 64.7 Å². The lowest BCUT2D eigenvalue weighted by Crippen LogP contribution is -2.20. The Balaban J connectivity index is 3.69. The Labute approximate surface area is 136 Å². The molecule has 21 heavy (non-hydrogen) atoms. The molecule has 0 saturated heterocycles. The summed E-state index contributed by atoms with van der Waals surface area (Å²) in [5.74, 6) is 0.0753. The molecule has 120 valence electrons. The summed E-state index contributed by atoms with van der Waals surface area (Å²) in [4.78, 5) is 27.6. The molecule has 7 heteroatoms. The molecule has 1 rings (SSSR count). The maximum absolute atomic E-state index is 9.19. The number of rotatable bonds is 2. The number of benzene rings is 1. The Morgan fingerprint density at radius 3 is 1.67 bits per heavy atom. The largest absolute Gasteiger partial charge is 0.613 e. The Morgan fingerprint density at radius 2 is 1.33 bits per heavy atom. The zero-order valence-corrected chi connectivity index (χ0v) is 15.4. The van der Waals surface area contributed by atoms with E-state index in [4.69, 9.17) is 27.7 Å². The first-order valence-electron chi connectivity index (χ1n) is 6.44.